The minimum absolute atomic E-state index is 0.254. The number of hydrogen-bond donors (Lipinski definition) is 1. The third-order valence-electron chi connectivity index (χ3n) is 3.20. The van der Waals surface area contributed by atoms with E-state index in [4.69, 9.17) is 0 Å². The fourth-order valence-electron chi connectivity index (χ4n) is 2.12. The molecule has 0 aliphatic heterocycles. The summed E-state index contributed by atoms with van der Waals surface area (Å²) in [5.41, 5.74) is -0.381. The second kappa shape index (κ2) is 6.08. The zero-order chi connectivity index (χ0) is 16.4. The van der Waals surface area contributed by atoms with Crippen LogP contribution in [0, 0.1) is 0 Å². The molecule has 1 aromatic heterocycles. The average Bonchev–Trinajstić information content (AvgIpc) is 2.52. The van der Waals surface area contributed by atoms with Crippen molar-refractivity contribution in [3.05, 3.63) is 70.3 Å². The Balaban J connectivity index is 1.83. The third-order valence-corrected chi connectivity index (χ3v) is 4.20. The third kappa shape index (κ3) is 3.56. The number of aromatic nitrogens is 2. The number of benzene rings is 2. The van der Waals surface area contributed by atoms with Crippen molar-refractivity contribution >= 4 is 22.7 Å². The minimum Gasteiger partial charge on any atom is -0.309 e. The highest BCUT2D eigenvalue weighted by Gasteiger charge is 2.30. The van der Waals surface area contributed by atoms with Crippen LogP contribution in [-0.4, -0.2) is 9.97 Å². The van der Waals surface area contributed by atoms with Crippen LogP contribution in [0.1, 0.15) is 11.4 Å². The molecule has 0 radical (unpaired) electrons. The van der Waals surface area contributed by atoms with Gasteiger partial charge in [0, 0.05) is 4.90 Å². The molecule has 0 fully saturated rings. The first-order valence-corrected chi connectivity index (χ1v) is 7.70. The molecule has 118 valence electrons. The van der Waals surface area contributed by atoms with E-state index in [1.165, 1.54) is 17.8 Å². The van der Waals surface area contributed by atoms with Gasteiger partial charge in [0.1, 0.15) is 5.82 Å². The Hall–Kier alpha value is -2.28. The molecular formula is C16H11F3N2OS. The molecule has 0 spiro atoms. The first-order chi connectivity index (χ1) is 10.9. The molecule has 7 heteroatoms. The summed E-state index contributed by atoms with van der Waals surface area (Å²) in [5, 5.41) is 0.486. The summed E-state index contributed by atoms with van der Waals surface area (Å²) in [5.74, 6) is 0.706. The summed E-state index contributed by atoms with van der Waals surface area (Å²) in [7, 11) is 0. The summed E-state index contributed by atoms with van der Waals surface area (Å²) in [4.78, 5) is 19.4. The van der Waals surface area contributed by atoms with Gasteiger partial charge in [0.05, 0.1) is 22.2 Å². The van der Waals surface area contributed by atoms with Crippen molar-refractivity contribution in [3.63, 3.8) is 0 Å². The number of para-hydroxylation sites is 1. The van der Waals surface area contributed by atoms with Crippen molar-refractivity contribution in [2.45, 2.75) is 16.8 Å². The second-order valence-corrected chi connectivity index (χ2v) is 5.89. The predicted octanol–water partition coefficient (Wildman–Crippen LogP) is 4.23. The normalized spacial score (nSPS) is 11.8. The van der Waals surface area contributed by atoms with Crippen molar-refractivity contribution < 1.29 is 13.2 Å². The van der Waals surface area contributed by atoms with Gasteiger partial charge in [-0.05, 0) is 30.3 Å². The van der Waals surface area contributed by atoms with Gasteiger partial charge in [-0.1, -0.05) is 18.2 Å². The Kier molecular flexibility index (Phi) is 4.12. The molecule has 2 aromatic carbocycles. The molecule has 1 heterocycles. The molecule has 0 aliphatic carbocycles. The predicted molar refractivity (Wildman–Crippen MR) is 83.4 cm³/mol. The summed E-state index contributed by atoms with van der Waals surface area (Å²) < 4.78 is 38.1. The van der Waals surface area contributed by atoms with Gasteiger partial charge in [0.25, 0.3) is 5.56 Å². The SMILES string of the molecule is O=c1[nH]c(CSc2cccc(C(F)(F)F)c2)nc2ccccc12. The van der Waals surface area contributed by atoms with Crippen LogP contribution < -0.4 is 5.56 Å². The Morgan fingerprint density at radius 1 is 1.09 bits per heavy atom. The first-order valence-electron chi connectivity index (χ1n) is 6.71. The molecule has 23 heavy (non-hydrogen) atoms. The zero-order valence-electron chi connectivity index (χ0n) is 11.7. The van der Waals surface area contributed by atoms with Crippen LogP contribution in [0.4, 0.5) is 13.2 Å². The quantitative estimate of drug-likeness (QED) is 0.728. The number of hydrogen-bond acceptors (Lipinski definition) is 3. The number of fused-ring (bicyclic) bond motifs is 1. The van der Waals surface area contributed by atoms with Gasteiger partial charge < -0.3 is 4.98 Å². The zero-order valence-corrected chi connectivity index (χ0v) is 12.5. The van der Waals surface area contributed by atoms with Crippen LogP contribution in [0.25, 0.3) is 10.9 Å². The number of alkyl halides is 3. The highest BCUT2D eigenvalue weighted by atomic mass is 32.2. The number of halogens is 3. The second-order valence-electron chi connectivity index (χ2n) is 4.84. The van der Waals surface area contributed by atoms with Crippen molar-refractivity contribution in [3.8, 4) is 0 Å². The summed E-state index contributed by atoms with van der Waals surface area (Å²) >= 11 is 1.19. The lowest BCUT2D eigenvalue weighted by atomic mass is 10.2. The van der Waals surface area contributed by atoms with E-state index in [0.29, 0.717) is 21.6 Å². The lowest BCUT2D eigenvalue weighted by Crippen LogP contribution is -2.11. The van der Waals surface area contributed by atoms with E-state index < -0.39 is 11.7 Å². The Labute approximate surface area is 133 Å². The van der Waals surface area contributed by atoms with Crippen LogP contribution in [-0.2, 0) is 11.9 Å². The number of rotatable bonds is 3. The van der Waals surface area contributed by atoms with Gasteiger partial charge in [-0.15, -0.1) is 11.8 Å². The number of H-pyrrole nitrogens is 1. The largest absolute Gasteiger partial charge is 0.416 e. The van der Waals surface area contributed by atoms with Gasteiger partial charge in [0.2, 0.25) is 0 Å². The molecule has 0 atom stereocenters. The van der Waals surface area contributed by atoms with Gasteiger partial charge in [-0.2, -0.15) is 13.2 Å². The maximum atomic E-state index is 12.7. The van der Waals surface area contributed by atoms with Crippen LogP contribution in [0.2, 0.25) is 0 Å². The van der Waals surface area contributed by atoms with Crippen LogP contribution in [0.3, 0.4) is 0 Å². The smallest absolute Gasteiger partial charge is 0.309 e. The molecule has 0 saturated carbocycles. The fourth-order valence-corrected chi connectivity index (χ4v) is 2.94. The molecule has 3 nitrogen and oxygen atoms in total. The van der Waals surface area contributed by atoms with Crippen molar-refractivity contribution in [1.29, 1.82) is 0 Å². The van der Waals surface area contributed by atoms with E-state index in [9.17, 15) is 18.0 Å². The van der Waals surface area contributed by atoms with Gasteiger partial charge in [-0.3, -0.25) is 4.79 Å². The minimum atomic E-state index is -4.37. The molecule has 0 saturated heterocycles. The molecular weight excluding hydrogens is 325 g/mol. The number of nitrogens with one attached hydrogen (secondary N) is 1. The maximum Gasteiger partial charge on any atom is 0.416 e. The molecule has 3 rings (SSSR count). The van der Waals surface area contributed by atoms with Crippen molar-refractivity contribution in [2.75, 3.05) is 0 Å². The maximum absolute atomic E-state index is 12.7. The Bertz CT molecular complexity index is 905. The van der Waals surface area contributed by atoms with E-state index in [0.717, 1.165) is 12.1 Å². The Morgan fingerprint density at radius 3 is 2.65 bits per heavy atom. The van der Waals surface area contributed by atoms with E-state index >= 15 is 0 Å². The first kappa shape index (κ1) is 15.6. The summed E-state index contributed by atoms with van der Waals surface area (Å²) in [6, 6.07) is 12.0. The molecule has 1 N–H and O–H groups in total. The van der Waals surface area contributed by atoms with Crippen molar-refractivity contribution in [2.24, 2.45) is 0 Å². The van der Waals surface area contributed by atoms with E-state index in [1.807, 2.05) is 0 Å². The lowest BCUT2D eigenvalue weighted by molar-refractivity contribution is -0.137. The van der Waals surface area contributed by atoms with Crippen LogP contribution in [0.5, 0.6) is 0 Å². The van der Waals surface area contributed by atoms with E-state index in [2.05, 4.69) is 9.97 Å². The summed E-state index contributed by atoms with van der Waals surface area (Å²) in [6.07, 6.45) is -4.37. The standard InChI is InChI=1S/C16H11F3N2OS/c17-16(18,19)10-4-3-5-11(8-10)23-9-14-20-13-7-2-1-6-12(13)15(22)21-14/h1-8H,9H2,(H,20,21,22). The van der Waals surface area contributed by atoms with Crippen LogP contribution >= 0.6 is 11.8 Å². The van der Waals surface area contributed by atoms with Gasteiger partial charge in [-0.25, -0.2) is 4.98 Å². The van der Waals surface area contributed by atoms with Crippen LogP contribution in [0.15, 0.2) is 58.2 Å². The highest BCUT2D eigenvalue weighted by molar-refractivity contribution is 7.98. The molecule has 3 aromatic rings. The number of aromatic amines is 1. The Morgan fingerprint density at radius 2 is 1.87 bits per heavy atom. The van der Waals surface area contributed by atoms with Crippen molar-refractivity contribution in [1.82, 2.24) is 9.97 Å². The lowest BCUT2D eigenvalue weighted by Gasteiger charge is -2.08. The van der Waals surface area contributed by atoms with Gasteiger partial charge >= 0.3 is 6.18 Å². The van der Waals surface area contributed by atoms with Gasteiger partial charge in [0.15, 0.2) is 0 Å². The number of thioether (sulfide) groups is 1. The molecule has 0 unspecified atom stereocenters. The number of nitrogens with zero attached hydrogens (tertiary/aromatic N) is 1. The molecule has 0 bridgehead atoms. The average molecular weight is 336 g/mol. The highest BCUT2D eigenvalue weighted by Crippen LogP contribution is 2.32. The fraction of sp³-hybridized carbons (Fsp3) is 0.125. The monoisotopic (exact) mass is 336 g/mol. The molecule has 0 aliphatic rings. The van der Waals surface area contributed by atoms with E-state index in [1.54, 1.807) is 30.3 Å². The topological polar surface area (TPSA) is 45.8 Å². The van der Waals surface area contributed by atoms with E-state index in [-0.39, 0.29) is 11.3 Å². The summed E-state index contributed by atoms with van der Waals surface area (Å²) in [6.45, 7) is 0. The molecule has 0 amide bonds.